The molecule has 2 aromatic rings. The second kappa shape index (κ2) is 6.15. The minimum atomic E-state index is -4.37. The van der Waals surface area contributed by atoms with Crippen molar-refractivity contribution in [1.82, 2.24) is 0 Å². The molecule has 136 valence electrons. The van der Waals surface area contributed by atoms with Crippen LogP contribution in [0.2, 0.25) is 0 Å². The number of hydrogen-bond acceptors (Lipinski definition) is 1. The second-order valence-electron chi connectivity index (χ2n) is 7.37. The van der Waals surface area contributed by atoms with Crippen LogP contribution in [0.15, 0.2) is 54.6 Å². The number of alkyl halides is 3. The molecule has 2 aliphatic rings. The van der Waals surface area contributed by atoms with Gasteiger partial charge in [-0.25, -0.2) is 0 Å². The topological polar surface area (TPSA) is 29.1 Å². The molecule has 2 fully saturated rings. The van der Waals surface area contributed by atoms with Gasteiger partial charge < -0.3 is 5.32 Å². The summed E-state index contributed by atoms with van der Waals surface area (Å²) >= 11 is 0. The molecule has 2 aromatic carbocycles. The summed E-state index contributed by atoms with van der Waals surface area (Å²) in [6.45, 7) is 0. The van der Waals surface area contributed by atoms with E-state index in [0.717, 1.165) is 37.8 Å². The summed E-state index contributed by atoms with van der Waals surface area (Å²) in [4.78, 5) is 12.9. The SMILES string of the molecule is O=C(Nc1ccc(C(F)(F)F)cc1)[C@@H]1[C@@H](c2ccccc2)C12CCCC2. The Morgan fingerprint density at radius 3 is 2.15 bits per heavy atom. The average molecular weight is 359 g/mol. The molecule has 2 nitrogen and oxygen atoms in total. The van der Waals surface area contributed by atoms with Crippen molar-refractivity contribution in [1.29, 1.82) is 0 Å². The van der Waals surface area contributed by atoms with Gasteiger partial charge in [0.2, 0.25) is 5.91 Å². The largest absolute Gasteiger partial charge is 0.416 e. The number of anilines is 1. The van der Waals surface area contributed by atoms with Gasteiger partial charge in [0.25, 0.3) is 0 Å². The van der Waals surface area contributed by atoms with Gasteiger partial charge in [-0.3, -0.25) is 4.79 Å². The Balaban J connectivity index is 1.52. The Morgan fingerprint density at radius 1 is 0.962 bits per heavy atom. The lowest BCUT2D eigenvalue weighted by Crippen LogP contribution is -2.18. The molecule has 0 saturated heterocycles. The molecule has 0 radical (unpaired) electrons. The molecule has 0 aromatic heterocycles. The van der Waals surface area contributed by atoms with Crippen molar-refractivity contribution in [3.63, 3.8) is 0 Å². The van der Waals surface area contributed by atoms with Crippen LogP contribution >= 0.6 is 0 Å². The molecule has 26 heavy (non-hydrogen) atoms. The van der Waals surface area contributed by atoms with Crippen molar-refractivity contribution in [2.24, 2.45) is 11.3 Å². The van der Waals surface area contributed by atoms with Gasteiger partial charge in [-0.2, -0.15) is 13.2 Å². The summed E-state index contributed by atoms with van der Waals surface area (Å²) in [5.74, 6) is 0.0239. The van der Waals surface area contributed by atoms with E-state index in [1.807, 2.05) is 18.2 Å². The maximum Gasteiger partial charge on any atom is 0.416 e. The first-order chi connectivity index (χ1) is 12.4. The number of amides is 1. The fraction of sp³-hybridized carbons (Fsp3) is 0.381. The number of nitrogens with one attached hydrogen (secondary N) is 1. The van der Waals surface area contributed by atoms with Gasteiger partial charge in [0, 0.05) is 11.6 Å². The fourth-order valence-corrected chi connectivity index (χ4v) is 4.71. The number of carbonyl (C=O) groups is 1. The van der Waals surface area contributed by atoms with Crippen LogP contribution in [-0.2, 0) is 11.0 Å². The molecule has 2 atom stereocenters. The van der Waals surface area contributed by atoms with Crippen LogP contribution in [0.1, 0.15) is 42.7 Å². The van der Waals surface area contributed by atoms with Gasteiger partial charge in [0.1, 0.15) is 0 Å². The zero-order chi connectivity index (χ0) is 18.4. The molecule has 2 saturated carbocycles. The summed E-state index contributed by atoms with van der Waals surface area (Å²) in [6.07, 6.45) is -0.0263. The van der Waals surface area contributed by atoms with Crippen molar-refractivity contribution in [2.75, 3.05) is 5.32 Å². The van der Waals surface area contributed by atoms with Crippen molar-refractivity contribution in [2.45, 2.75) is 37.8 Å². The molecule has 2 aliphatic carbocycles. The van der Waals surface area contributed by atoms with E-state index in [1.54, 1.807) is 0 Å². The molecule has 0 aliphatic heterocycles. The normalized spacial score (nSPS) is 23.8. The highest BCUT2D eigenvalue weighted by Crippen LogP contribution is 2.72. The fourth-order valence-electron chi connectivity index (χ4n) is 4.71. The Labute approximate surface area is 150 Å². The lowest BCUT2D eigenvalue weighted by molar-refractivity contribution is -0.137. The summed E-state index contributed by atoms with van der Waals surface area (Å²) in [6, 6.07) is 14.7. The number of halogens is 3. The van der Waals surface area contributed by atoms with Gasteiger partial charge in [-0.15, -0.1) is 0 Å². The Bertz CT molecular complexity index is 792. The molecule has 0 bridgehead atoms. The number of carbonyl (C=O) groups excluding carboxylic acids is 1. The third kappa shape index (κ3) is 2.89. The van der Waals surface area contributed by atoms with Crippen molar-refractivity contribution < 1.29 is 18.0 Å². The first-order valence-corrected chi connectivity index (χ1v) is 8.95. The molecule has 4 rings (SSSR count). The zero-order valence-electron chi connectivity index (χ0n) is 14.2. The maximum absolute atomic E-state index is 12.9. The summed E-state index contributed by atoms with van der Waals surface area (Å²) < 4.78 is 38.0. The number of rotatable bonds is 3. The first kappa shape index (κ1) is 17.1. The maximum atomic E-state index is 12.9. The number of benzene rings is 2. The van der Waals surface area contributed by atoms with Crippen LogP contribution in [0.4, 0.5) is 18.9 Å². The van der Waals surface area contributed by atoms with Crippen molar-refractivity contribution in [3.8, 4) is 0 Å². The van der Waals surface area contributed by atoms with Crippen molar-refractivity contribution in [3.05, 3.63) is 65.7 Å². The third-order valence-corrected chi connectivity index (χ3v) is 5.92. The van der Waals surface area contributed by atoms with Crippen LogP contribution in [0.25, 0.3) is 0 Å². The molecular weight excluding hydrogens is 339 g/mol. The van der Waals surface area contributed by atoms with Gasteiger partial charge in [-0.05, 0) is 48.1 Å². The minimum absolute atomic E-state index is 0.0251. The summed E-state index contributed by atoms with van der Waals surface area (Å²) in [5, 5.41) is 2.83. The lowest BCUT2D eigenvalue weighted by atomic mass is 9.97. The summed E-state index contributed by atoms with van der Waals surface area (Å²) in [5.41, 5.74) is 0.908. The van der Waals surface area contributed by atoms with Crippen LogP contribution in [0, 0.1) is 11.3 Å². The van der Waals surface area contributed by atoms with Gasteiger partial charge in [0.15, 0.2) is 0 Å². The molecule has 1 spiro atoms. The molecule has 5 heteroatoms. The number of hydrogen-bond donors (Lipinski definition) is 1. The van der Waals surface area contributed by atoms with E-state index >= 15 is 0 Å². The van der Waals surface area contributed by atoms with E-state index in [1.165, 1.54) is 17.7 Å². The van der Waals surface area contributed by atoms with E-state index in [2.05, 4.69) is 17.4 Å². The Kier molecular flexibility index (Phi) is 4.05. The van der Waals surface area contributed by atoms with Crippen LogP contribution < -0.4 is 5.32 Å². The van der Waals surface area contributed by atoms with Crippen LogP contribution in [0.3, 0.4) is 0 Å². The molecular formula is C21H20F3NO. The highest BCUT2D eigenvalue weighted by atomic mass is 19.4. The van der Waals surface area contributed by atoms with E-state index in [0.29, 0.717) is 5.69 Å². The van der Waals surface area contributed by atoms with Crippen LogP contribution in [0.5, 0.6) is 0 Å². The second-order valence-corrected chi connectivity index (χ2v) is 7.37. The predicted octanol–water partition coefficient (Wildman–Crippen LogP) is 5.62. The molecule has 0 heterocycles. The highest BCUT2D eigenvalue weighted by molar-refractivity contribution is 5.96. The molecule has 1 N–H and O–H groups in total. The van der Waals surface area contributed by atoms with Gasteiger partial charge in [0.05, 0.1) is 11.5 Å². The molecule has 1 amide bonds. The first-order valence-electron chi connectivity index (χ1n) is 8.95. The Morgan fingerprint density at radius 2 is 1.58 bits per heavy atom. The van der Waals surface area contributed by atoms with Crippen molar-refractivity contribution >= 4 is 11.6 Å². The third-order valence-electron chi connectivity index (χ3n) is 5.92. The zero-order valence-corrected chi connectivity index (χ0v) is 14.2. The van der Waals surface area contributed by atoms with E-state index in [-0.39, 0.29) is 23.2 Å². The van der Waals surface area contributed by atoms with E-state index in [4.69, 9.17) is 0 Å². The smallest absolute Gasteiger partial charge is 0.326 e. The van der Waals surface area contributed by atoms with Gasteiger partial charge in [-0.1, -0.05) is 43.2 Å². The van der Waals surface area contributed by atoms with E-state index in [9.17, 15) is 18.0 Å². The van der Waals surface area contributed by atoms with Crippen LogP contribution in [-0.4, -0.2) is 5.91 Å². The highest BCUT2D eigenvalue weighted by Gasteiger charge is 2.68. The summed E-state index contributed by atoms with van der Waals surface area (Å²) in [7, 11) is 0. The quantitative estimate of drug-likeness (QED) is 0.757. The average Bonchev–Trinajstić information content (AvgIpc) is 3.00. The monoisotopic (exact) mass is 359 g/mol. The standard InChI is InChI=1S/C21H20F3NO/c22-21(23,24)15-8-10-16(11-9-15)25-19(26)18-17(14-6-2-1-3-7-14)20(18)12-4-5-13-20/h1-3,6-11,17-18H,4-5,12-13H2,(H,25,26)/t17-,18+/m1/s1. The van der Waals surface area contributed by atoms with Gasteiger partial charge >= 0.3 is 6.18 Å². The Hall–Kier alpha value is -2.30. The van der Waals surface area contributed by atoms with E-state index < -0.39 is 11.7 Å². The predicted molar refractivity (Wildman–Crippen MR) is 93.6 cm³/mol. The minimum Gasteiger partial charge on any atom is -0.326 e. The lowest BCUT2D eigenvalue weighted by Gasteiger charge is -2.10. The molecule has 0 unspecified atom stereocenters.